The quantitative estimate of drug-likeness (QED) is 0.431. The molecular formula is C23H14BrNO6. The Hall–Kier alpha value is -3.78. The molecular weight excluding hydrogens is 466 g/mol. The number of hydrogen-bond acceptors (Lipinski definition) is 6. The second-order valence-electron chi connectivity index (χ2n) is 6.72. The van der Waals surface area contributed by atoms with E-state index in [1.54, 1.807) is 36.4 Å². The van der Waals surface area contributed by atoms with Crippen LogP contribution in [0.15, 0.2) is 65.1 Å². The molecule has 0 spiro atoms. The first kappa shape index (κ1) is 20.5. The highest BCUT2D eigenvalue weighted by atomic mass is 79.9. The Labute approximate surface area is 184 Å². The van der Waals surface area contributed by atoms with Crippen molar-refractivity contribution in [2.75, 3.05) is 11.9 Å². The minimum Gasteiger partial charge on any atom is -0.507 e. The molecule has 0 atom stereocenters. The number of hydrogen-bond donors (Lipinski definition) is 2. The van der Waals surface area contributed by atoms with Crippen molar-refractivity contribution in [1.82, 2.24) is 0 Å². The van der Waals surface area contributed by atoms with Crippen LogP contribution in [-0.2, 0) is 9.53 Å². The van der Waals surface area contributed by atoms with Gasteiger partial charge in [0, 0.05) is 21.2 Å². The molecule has 0 radical (unpaired) electrons. The van der Waals surface area contributed by atoms with E-state index in [-0.39, 0.29) is 45.3 Å². The first-order valence-corrected chi connectivity index (χ1v) is 9.93. The zero-order valence-electron chi connectivity index (χ0n) is 15.8. The molecule has 0 aliphatic heterocycles. The van der Waals surface area contributed by atoms with E-state index in [2.05, 4.69) is 21.2 Å². The zero-order valence-corrected chi connectivity index (χ0v) is 17.4. The number of halogens is 1. The van der Waals surface area contributed by atoms with Gasteiger partial charge in [-0.1, -0.05) is 52.3 Å². The highest BCUT2D eigenvalue weighted by Crippen LogP contribution is 2.32. The van der Waals surface area contributed by atoms with Crippen LogP contribution in [0.2, 0.25) is 0 Å². The molecule has 154 valence electrons. The van der Waals surface area contributed by atoms with Crippen LogP contribution < -0.4 is 5.32 Å². The van der Waals surface area contributed by atoms with Gasteiger partial charge in [-0.05, 0) is 24.3 Å². The van der Waals surface area contributed by atoms with E-state index in [0.717, 1.165) is 0 Å². The maximum Gasteiger partial charge on any atom is 0.342 e. The Bertz CT molecular complexity index is 1270. The van der Waals surface area contributed by atoms with Gasteiger partial charge in [-0.3, -0.25) is 14.4 Å². The average Bonchev–Trinajstić information content (AvgIpc) is 2.77. The van der Waals surface area contributed by atoms with Crippen molar-refractivity contribution in [3.05, 3.63) is 93.0 Å². The van der Waals surface area contributed by atoms with Crippen molar-refractivity contribution in [2.45, 2.75) is 0 Å². The number of ketones is 2. The number of fused-ring (bicyclic) bond motifs is 2. The number of phenolic OH excluding ortho intramolecular Hbond substituents is 1. The van der Waals surface area contributed by atoms with E-state index >= 15 is 0 Å². The van der Waals surface area contributed by atoms with E-state index in [4.69, 9.17) is 4.74 Å². The third-order valence-corrected chi connectivity index (χ3v) is 5.23. The maximum atomic E-state index is 13.0. The number of phenols is 1. The first-order valence-electron chi connectivity index (χ1n) is 9.13. The molecule has 0 aromatic heterocycles. The van der Waals surface area contributed by atoms with Gasteiger partial charge in [0.25, 0.3) is 5.91 Å². The highest BCUT2D eigenvalue weighted by Gasteiger charge is 2.31. The number of ether oxygens (including phenoxy) is 1. The minimum atomic E-state index is -0.885. The number of rotatable bonds is 4. The highest BCUT2D eigenvalue weighted by molar-refractivity contribution is 9.10. The lowest BCUT2D eigenvalue weighted by molar-refractivity contribution is -0.119. The normalized spacial score (nSPS) is 12.0. The molecule has 0 fully saturated rings. The molecule has 1 aliphatic rings. The Morgan fingerprint density at radius 3 is 2.32 bits per heavy atom. The molecule has 3 aromatic carbocycles. The molecule has 3 aromatic rings. The number of anilines is 1. The fraction of sp³-hybridized carbons (Fsp3) is 0.0435. The van der Waals surface area contributed by atoms with Crippen molar-refractivity contribution >= 4 is 45.1 Å². The number of aromatic hydroxyl groups is 1. The van der Waals surface area contributed by atoms with Gasteiger partial charge >= 0.3 is 5.97 Å². The predicted molar refractivity (Wildman–Crippen MR) is 114 cm³/mol. The van der Waals surface area contributed by atoms with Gasteiger partial charge in [-0.15, -0.1) is 0 Å². The zero-order chi connectivity index (χ0) is 22.1. The van der Waals surface area contributed by atoms with Crippen LogP contribution in [0.1, 0.15) is 42.2 Å². The van der Waals surface area contributed by atoms with Crippen molar-refractivity contribution in [1.29, 1.82) is 0 Å². The van der Waals surface area contributed by atoms with Crippen molar-refractivity contribution in [2.24, 2.45) is 0 Å². The molecule has 8 heteroatoms. The summed E-state index contributed by atoms with van der Waals surface area (Å²) in [5.41, 5.74) is 0.908. The number of carbonyl (C=O) groups is 4. The molecule has 0 saturated carbocycles. The Kier molecular flexibility index (Phi) is 5.39. The van der Waals surface area contributed by atoms with E-state index in [9.17, 15) is 24.3 Å². The van der Waals surface area contributed by atoms with Gasteiger partial charge in [0.05, 0.1) is 11.3 Å². The third-order valence-electron chi connectivity index (χ3n) is 4.74. The molecule has 1 aliphatic carbocycles. The van der Waals surface area contributed by atoms with Gasteiger partial charge in [-0.25, -0.2) is 4.79 Å². The Morgan fingerprint density at radius 2 is 1.58 bits per heavy atom. The van der Waals surface area contributed by atoms with Gasteiger partial charge in [0.2, 0.25) is 0 Å². The average molecular weight is 480 g/mol. The Morgan fingerprint density at radius 1 is 0.903 bits per heavy atom. The lowest BCUT2D eigenvalue weighted by Gasteiger charge is -2.20. The van der Waals surface area contributed by atoms with Crippen molar-refractivity contribution in [3.63, 3.8) is 0 Å². The van der Waals surface area contributed by atoms with E-state index in [1.807, 2.05) is 0 Å². The van der Waals surface area contributed by atoms with Gasteiger partial charge in [0.1, 0.15) is 11.3 Å². The lowest BCUT2D eigenvalue weighted by Crippen LogP contribution is -2.26. The number of carbonyl (C=O) groups excluding carboxylic acids is 4. The molecule has 0 saturated heterocycles. The molecule has 2 N–H and O–H groups in total. The van der Waals surface area contributed by atoms with Crippen LogP contribution in [0.5, 0.6) is 5.75 Å². The van der Waals surface area contributed by atoms with Gasteiger partial charge in [0.15, 0.2) is 18.2 Å². The summed E-state index contributed by atoms with van der Waals surface area (Å²) >= 11 is 3.19. The second-order valence-corrected chi connectivity index (χ2v) is 7.63. The van der Waals surface area contributed by atoms with Crippen LogP contribution in [0, 0.1) is 0 Å². The number of esters is 1. The second kappa shape index (κ2) is 8.16. The van der Waals surface area contributed by atoms with Crippen molar-refractivity contribution in [3.8, 4) is 5.75 Å². The summed E-state index contributed by atoms with van der Waals surface area (Å²) in [7, 11) is 0. The number of nitrogens with one attached hydrogen (secondary N) is 1. The third kappa shape index (κ3) is 3.85. The lowest BCUT2D eigenvalue weighted by atomic mass is 9.83. The summed E-state index contributed by atoms with van der Waals surface area (Å²) < 4.78 is 5.52. The molecule has 4 rings (SSSR count). The monoisotopic (exact) mass is 479 g/mol. The molecule has 0 bridgehead atoms. The SMILES string of the molecule is O=C(COC(=O)c1cc(Br)ccc1O)Nc1cccc2c1C(=O)c1ccccc1C2=O. The molecule has 0 unspecified atom stereocenters. The van der Waals surface area contributed by atoms with Crippen LogP contribution in [0.4, 0.5) is 5.69 Å². The summed E-state index contributed by atoms with van der Waals surface area (Å²) in [6.45, 7) is -0.646. The topological polar surface area (TPSA) is 110 Å². The van der Waals surface area contributed by atoms with Crippen LogP contribution in [0.3, 0.4) is 0 Å². The fourth-order valence-corrected chi connectivity index (χ4v) is 3.68. The molecule has 31 heavy (non-hydrogen) atoms. The van der Waals surface area contributed by atoms with E-state index in [0.29, 0.717) is 10.0 Å². The standard InChI is InChI=1S/C23H14BrNO6/c24-12-8-9-18(26)16(10-12)23(30)31-11-19(27)25-17-7-3-6-15-20(17)22(29)14-5-2-1-4-13(14)21(15)28/h1-10,26H,11H2,(H,25,27). The first-order chi connectivity index (χ1) is 14.9. The summed E-state index contributed by atoms with van der Waals surface area (Å²) in [6.07, 6.45) is 0. The maximum absolute atomic E-state index is 13.0. The van der Waals surface area contributed by atoms with Crippen molar-refractivity contribution < 1.29 is 29.0 Å². The smallest absolute Gasteiger partial charge is 0.342 e. The summed E-state index contributed by atoms with van der Waals surface area (Å²) in [5, 5.41) is 12.3. The minimum absolute atomic E-state index is 0.0931. The van der Waals surface area contributed by atoms with E-state index in [1.165, 1.54) is 24.3 Å². The van der Waals surface area contributed by atoms with Crippen LogP contribution >= 0.6 is 15.9 Å². The Balaban J connectivity index is 1.52. The molecule has 7 nitrogen and oxygen atoms in total. The molecule has 0 heterocycles. The summed E-state index contributed by atoms with van der Waals surface area (Å²) in [6, 6.07) is 15.3. The predicted octanol–water partition coefficient (Wildman–Crippen LogP) is 3.73. The molecule has 1 amide bonds. The summed E-state index contributed by atoms with van der Waals surface area (Å²) in [4.78, 5) is 50.2. The van der Waals surface area contributed by atoms with E-state index < -0.39 is 18.5 Å². The largest absolute Gasteiger partial charge is 0.507 e. The summed E-state index contributed by atoms with van der Waals surface area (Å²) in [5.74, 6) is -2.55. The number of amides is 1. The van der Waals surface area contributed by atoms with Gasteiger partial charge in [-0.2, -0.15) is 0 Å². The van der Waals surface area contributed by atoms with Crippen LogP contribution in [-0.4, -0.2) is 35.2 Å². The number of benzene rings is 3. The fourth-order valence-electron chi connectivity index (χ4n) is 3.32. The van der Waals surface area contributed by atoms with Crippen LogP contribution in [0.25, 0.3) is 0 Å². The van der Waals surface area contributed by atoms with Gasteiger partial charge < -0.3 is 15.2 Å².